The van der Waals surface area contributed by atoms with Gasteiger partial charge in [-0.15, -0.1) is 4.84 Å². The smallest absolute Gasteiger partial charge is 0.319 e. The van der Waals surface area contributed by atoms with Crippen LogP contribution in [0.25, 0.3) is 0 Å². The van der Waals surface area contributed by atoms with Gasteiger partial charge in [0.25, 0.3) is 0 Å². The van der Waals surface area contributed by atoms with Crippen molar-refractivity contribution in [2.24, 2.45) is 39.6 Å². The quantitative estimate of drug-likeness (QED) is 0.595. The van der Waals surface area contributed by atoms with Gasteiger partial charge in [0, 0.05) is 17.9 Å². The van der Waals surface area contributed by atoms with Crippen LogP contribution >= 0.6 is 0 Å². The number of rotatable bonds is 2. The normalized spacial score (nSPS) is 49.8. The molecule has 0 aromatic rings. The minimum Gasteiger partial charge on any atom is -0.319 e. The second-order valence-electron chi connectivity index (χ2n) is 11.3. The van der Waals surface area contributed by atoms with Crippen LogP contribution in [-0.4, -0.2) is 35.3 Å². The fraction of sp³-hybridized carbons (Fsp3) is 0.750. The van der Waals surface area contributed by atoms with Crippen LogP contribution in [0.5, 0.6) is 0 Å². The van der Waals surface area contributed by atoms with Gasteiger partial charge in [0.15, 0.2) is 6.20 Å². The molecule has 5 aliphatic rings. The molecule has 176 valence electrons. The molecule has 0 saturated heterocycles. The summed E-state index contributed by atoms with van der Waals surface area (Å²) in [7, 11) is 1.49. The number of fused-ring (bicyclic) bond motifs is 5. The summed E-state index contributed by atoms with van der Waals surface area (Å²) >= 11 is 0. The van der Waals surface area contributed by atoms with Crippen molar-refractivity contribution in [2.75, 3.05) is 7.05 Å². The van der Waals surface area contributed by atoms with E-state index in [9.17, 15) is 18.0 Å². The zero-order valence-corrected chi connectivity index (χ0v) is 19.2. The van der Waals surface area contributed by atoms with E-state index >= 15 is 0 Å². The van der Waals surface area contributed by atoms with E-state index in [1.807, 2.05) is 6.08 Å². The number of nitrogens with one attached hydrogen (secondary N) is 1. The zero-order valence-electron chi connectivity index (χ0n) is 19.2. The Bertz CT molecular complexity index is 930. The Morgan fingerprint density at radius 3 is 2.62 bits per heavy atom. The molecule has 1 amide bonds. The summed E-state index contributed by atoms with van der Waals surface area (Å²) in [6.07, 6.45) is 7.72. The lowest BCUT2D eigenvalue weighted by molar-refractivity contribution is -1.07. The predicted octanol–water partition coefficient (Wildman–Crippen LogP) is 5.07. The molecule has 5 nitrogen and oxygen atoms in total. The van der Waals surface area contributed by atoms with E-state index in [-0.39, 0.29) is 17.7 Å². The van der Waals surface area contributed by atoms with Crippen molar-refractivity contribution < 1.29 is 27.6 Å². The van der Waals surface area contributed by atoms with Gasteiger partial charge in [-0.2, -0.15) is 13.2 Å². The molecule has 3 saturated carbocycles. The highest BCUT2D eigenvalue weighted by molar-refractivity contribution is 5.99. The topological polar surface area (TPSA) is 50.7 Å². The average molecular weight is 453 g/mol. The van der Waals surface area contributed by atoms with Crippen LogP contribution < -0.4 is 5.32 Å². The summed E-state index contributed by atoms with van der Waals surface area (Å²) in [5.41, 5.74) is -2.27. The first-order chi connectivity index (χ1) is 14.8. The first kappa shape index (κ1) is 22.1. The van der Waals surface area contributed by atoms with Crippen LogP contribution in [0.3, 0.4) is 0 Å². The third-order valence-corrected chi connectivity index (χ3v) is 9.37. The second-order valence-corrected chi connectivity index (χ2v) is 11.3. The number of allylic oxidation sites excluding steroid dienone is 1. The number of hydroxylamine groups is 2. The number of amides is 1. The SMILES string of the molecule is C[C@H]1C[C@@]2(O[N+]3(C)C=CC(C(F)(F)F)=N3)NC(=O)C=C[C@]2(C)[C@H]2CC[C@]3(C)CCC[C@H]3[C@H]12. The van der Waals surface area contributed by atoms with Gasteiger partial charge in [0.05, 0.1) is 0 Å². The molecule has 32 heavy (non-hydrogen) atoms. The summed E-state index contributed by atoms with van der Waals surface area (Å²) in [5, 5.41) is 6.90. The third kappa shape index (κ3) is 3.05. The number of carbonyl (C=O) groups excluding carboxylic acids is 1. The summed E-state index contributed by atoms with van der Waals surface area (Å²) in [6.45, 7) is 6.77. The van der Waals surface area contributed by atoms with Crippen LogP contribution in [0.4, 0.5) is 13.2 Å². The molecule has 1 N–H and O–H groups in total. The number of hydrogen-bond donors (Lipinski definition) is 1. The standard InChI is InChI=1S/C24H32F3N3O2/c1-15-14-23(32-30(4)13-9-18(29-30)24(25,26)27)22(3,12-8-19(31)28-23)17-7-11-21(2)10-5-6-16(21)20(15)17/h8-9,12-13,15-17,20H,5-7,10-11,14H2,1-4H3/p+1/t15-,16-,17-,20-,21-,22+,23-,30?/m0/s1. The highest BCUT2D eigenvalue weighted by Crippen LogP contribution is 2.67. The van der Waals surface area contributed by atoms with E-state index in [2.05, 4.69) is 31.2 Å². The fourth-order valence-electron chi connectivity index (χ4n) is 7.89. The van der Waals surface area contributed by atoms with Crippen molar-refractivity contribution in [1.29, 1.82) is 0 Å². The van der Waals surface area contributed by atoms with Gasteiger partial charge < -0.3 is 5.32 Å². The Morgan fingerprint density at radius 2 is 1.94 bits per heavy atom. The van der Waals surface area contributed by atoms with E-state index < -0.39 is 27.8 Å². The van der Waals surface area contributed by atoms with Gasteiger partial charge in [0.2, 0.25) is 17.3 Å². The molecule has 3 fully saturated rings. The van der Waals surface area contributed by atoms with Crippen LogP contribution in [0, 0.1) is 34.5 Å². The van der Waals surface area contributed by atoms with Gasteiger partial charge in [0.1, 0.15) is 7.05 Å². The predicted molar refractivity (Wildman–Crippen MR) is 113 cm³/mol. The minimum absolute atomic E-state index is 0.270. The molecule has 0 spiro atoms. The average Bonchev–Trinajstić information content (AvgIpc) is 3.26. The van der Waals surface area contributed by atoms with Crippen molar-refractivity contribution in [3.63, 3.8) is 0 Å². The maximum Gasteiger partial charge on any atom is 0.438 e. The van der Waals surface area contributed by atoms with Crippen molar-refractivity contribution in [3.8, 4) is 0 Å². The maximum absolute atomic E-state index is 13.3. The lowest BCUT2D eigenvalue weighted by atomic mass is 9.45. The molecular formula is C24H33F3N3O2+. The highest BCUT2D eigenvalue weighted by atomic mass is 19.4. The Balaban J connectivity index is 1.55. The Labute approximate surface area is 187 Å². The van der Waals surface area contributed by atoms with E-state index in [4.69, 9.17) is 4.84 Å². The zero-order chi connectivity index (χ0) is 23.2. The van der Waals surface area contributed by atoms with Crippen LogP contribution in [0.2, 0.25) is 0 Å². The number of hydrogen-bond acceptors (Lipinski definition) is 3. The third-order valence-electron chi connectivity index (χ3n) is 9.37. The summed E-state index contributed by atoms with van der Waals surface area (Å²) in [5.74, 6) is 1.43. The van der Waals surface area contributed by atoms with Crippen LogP contribution in [0.15, 0.2) is 29.5 Å². The number of quaternary nitrogens is 1. The van der Waals surface area contributed by atoms with E-state index in [0.29, 0.717) is 23.7 Å². The second kappa shape index (κ2) is 6.69. The molecule has 0 aromatic carbocycles. The number of alkyl halides is 3. The number of carbonyl (C=O) groups is 1. The highest BCUT2D eigenvalue weighted by Gasteiger charge is 2.68. The Morgan fingerprint density at radius 1 is 1.19 bits per heavy atom. The number of nitrogens with zero attached hydrogens (tertiary/aromatic N) is 2. The van der Waals surface area contributed by atoms with Gasteiger partial charge in [-0.3, -0.25) is 4.79 Å². The lowest BCUT2D eigenvalue weighted by Gasteiger charge is -2.63. The van der Waals surface area contributed by atoms with Crippen LogP contribution in [0.1, 0.15) is 59.3 Å². The molecule has 5 rings (SSSR count). The Hall–Kier alpha value is -1.67. The fourth-order valence-corrected chi connectivity index (χ4v) is 7.89. The van der Waals surface area contributed by atoms with Gasteiger partial charge in [-0.25, -0.2) is 0 Å². The Kier molecular flexibility index (Phi) is 4.63. The molecule has 8 atom stereocenters. The largest absolute Gasteiger partial charge is 0.438 e. The molecule has 0 radical (unpaired) electrons. The van der Waals surface area contributed by atoms with Crippen molar-refractivity contribution in [3.05, 3.63) is 24.4 Å². The minimum atomic E-state index is -4.55. The van der Waals surface area contributed by atoms with E-state index in [1.165, 1.54) is 32.5 Å². The van der Waals surface area contributed by atoms with Crippen molar-refractivity contribution in [2.45, 2.75) is 71.2 Å². The monoisotopic (exact) mass is 452 g/mol. The lowest BCUT2D eigenvalue weighted by Crippen LogP contribution is -2.72. The van der Waals surface area contributed by atoms with Crippen LogP contribution in [-0.2, 0) is 9.63 Å². The van der Waals surface area contributed by atoms with Gasteiger partial charge >= 0.3 is 6.18 Å². The van der Waals surface area contributed by atoms with Crippen molar-refractivity contribution >= 4 is 11.6 Å². The number of halogens is 3. The molecule has 3 aliphatic carbocycles. The van der Waals surface area contributed by atoms with E-state index in [0.717, 1.165) is 18.9 Å². The van der Waals surface area contributed by atoms with Crippen molar-refractivity contribution in [1.82, 2.24) is 5.32 Å². The molecular weight excluding hydrogens is 419 g/mol. The molecule has 1 unspecified atom stereocenters. The summed E-state index contributed by atoms with van der Waals surface area (Å²) in [4.78, 5) is 19.0. The summed E-state index contributed by atoms with van der Waals surface area (Å²) in [6, 6.07) is 0. The maximum atomic E-state index is 13.3. The summed E-state index contributed by atoms with van der Waals surface area (Å²) < 4.78 is 39.1. The molecule has 8 heteroatoms. The first-order valence-corrected chi connectivity index (χ1v) is 11.8. The molecule has 2 heterocycles. The van der Waals surface area contributed by atoms with E-state index in [1.54, 1.807) is 6.08 Å². The molecule has 0 bridgehead atoms. The molecule has 2 aliphatic heterocycles. The van der Waals surface area contributed by atoms with Gasteiger partial charge in [-0.1, -0.05) is 33.3 Å². The first-order valence-electron chi connectivity index (χ1n) is 11.8. The molecule has 0 aromatic heterocycles. The van der Waals surface area contributed by atoms with Gasteiger partial charge in [-0.05, 0) is 70.7 Å².